The lowest BCUT2D eigenvalue weighted by Gasteiger charge is -2.48. The molecule has 186 valence electrons. The van der Waals surface area contributed by atoms with E-state index in [1.807, 2.05) is 41.3 Å². The minimum Gasteiger partial charge on any atom is -0.324 e. The summed E-state index contributed by atoms with van der Waals surface area (Å²) in [7, 11) is 0. The SMILES string of the molecule is C=CCN1C(=O)[C@]2(c3ccccc31)N1CCCC1[C@H](c1ccc(C)cc1)[C@]21Sc2ccccc2NC1=O. The number of nitrogens with zero attached hydrogens (tertiary/aromatic N) is 2. The summed E-state index contributed by atoms with van der Waals surface area (Å²) < 4.78 is -1.08. The van der Waals surface area contributed by atoms with Crippen LogP contribution in [0.5, 0.6) is 0 Å². The van der Waals surface area contributed by atoms with Crippen LogP contribution in [0.3, 0.4) is 0 Å². The van der Waals surface area contributed by atoms with Gasteiger partial charge in [-0.2, -0.15) is 0 Å². The van der Waals surface area contributed by atoms with Crippen molar-refractivity contribution in [2.45, 2.75) is 46.9 Å². The fraction of sp³-hybridized carbons (Fsp3) is 0.290. The average molecular weight is 508 g/mol. The number of aryl methyl sites for hydroxylation is 1. The molecule has 0 aliphatic carbocycles. The number of thioether (sulfide) groups is 1. The highest BCUT2D eigenvalue weighted by atomic mass is 32.2. The van der Waals surface area contributed by atoms with E-state index in [4.69, 9.17) is 0 Å². The van der Waals surface area contributed by atoms with Crippen LogP contribution in [-0.4, -0.2) is 40.6 Å². The van der Waals surface area contributed by atoms with Crippen LogP contribution in [0.25, 0.3) is 0 Å². The second-order valence-electron chi connectivity index (χ2n) is 10.5. The Labute approximate surface area is 221 Å². The topological polar surface area (TPSA) is 52.7 Å². The van der Waals surface area contributed by atoms with Crippen LogP contribution in [0.2, 0.25) is 0 Å². The molecule has 3 aromatic carbocycles. The first-order valence-corrected chi connectivity index (χ1v) is 13.8. The van der Waals surface area contributed by atoms with Gasteiger partial charge in [0.2, 0.25) is 5.91 Å². The van der Waals surface area contributed by atoms with Gasteiger partial charge in [-0.3, -0.25) is 14.5 Å². The second-order valence-corrected chi connectivity index (χ2v) is 11.8. The van der Waals surface area contributed by atoms with E-state index >= 15 is 0 Å². The third kappa shape index (κ3) is 2.75. The van der Waals surface area contributed by atoms with Crippen LogP contribution in [0.4, 0.5) is 11.4 Å². The van der Waals surface area contributed by atoms with Crippen molar-refractivity contribution in [2.24, 2.45) is 0 Å². The van der Waals surface area contributed by atoms with Gasteiger partial charge in [0.25, 0.3) is 5.91 Å². The highest BCUT2D eigenvalue weighted by Crippen LogP contribution is 2.70. The maximum absolute atomic E-state index is 14.9. The van der Waals surface area contributed by atoms with E-state index in [2.05, 4.69) is 60.1 Å². The predicted molar refractivity (Wildman–Crippen MR) is 148 cm³/mol. The smallest absolute Gasteiger partial charge is 0.254 e. The maximum Gasteiger partial charge on any atom is 0.254 e. The Bertz CT molecular complexity index is 1450. The van der Waals surface area contributed by atoms with E-state index in [-0.39, 0.29) is 23.8 Å². The van der Waals surface area contributed by atoms with E-state index in [1.165, 1.54) is 5.56 Å². The summed E-state index contributed by atoms with van der Waals surface area (Å²) in [5.41, 5.74) is 3.81. The molecule has 7 rings (SSSR count). The van der Waals surface area contributed by atoms with Gasteiger partial charge in [0, 0.05) is 34.7 Å². The van der Waals surface area contributed by atoms with Gasteiger partial charge < -0.3 is 10.2 Å². The first-order chi connectivity index (χ1) is 18.0. The Balaban J connectivity index is 1.57. The van der Waals surface area contributed by atoms with E-state index in [0.29, 0.717) is 6.54 Å². The zero-order valence-electron chi connectivity index (χ0n) is 20.8. The zero-order valence-corrected chi connectivity index (χ0v) is 21.6. The molecule has 4 heterocycles. The third-order valence-electron chi connectivity index (χ3n) is 8.72. The second kappa shape index (κ2) is 8.07. The molecule has 2 saturated heterocycles. The van der Waals surface area contributed by atoms with Gasteiger partial charge in [-0.15, -0.1) is 18.3 Å². The van der Waals surface area contributed by atoms with E-state index in [9.17, 15) is 9.59 Å². The van der Waals surface area contributed by atoms with E-state index in [0.717, 1.165) is 46.8 Å². The van der Waals surface area contributed by atoms with Crippen molar-refractivity contribution in [2.75, 3.05) is 23.3 Å². The van der Waals surface area contributed by atoms with Crippen molar-refractivity contribution in [3.8, 4) is 0 Å². The van der Waals surface area contributed by atoms with Gasteiger partial charge in [0.1, 0.15) is 4.75 Å². The molecular weight excluding hydrogens is 478 g/mol. The van der Waals surface area contributed by atoms with Crippen LogP contribution in [0.15, 0.2) is 90.3 Å². The minimum atomic E-state index is -1.12. The van der Waals surface area contributed by atoms with Gasteiger partial charge in [-0.1, -0.05) is 66.2 Å². The summed E-state index contributed by atoms with van der Waals surface area (Å²) in [6, 6.07) is 24.7. The Kier molecular flexibility index (Phi) is 4.98. The molecule has 0 radical (unpaired) electrons. The molecule has 1 N–H and O–H groups in total. The fourth-order valence-electron chi connectivity index (χ4n) is 7.41. The van der Waals surface area contributed by atoms with Crippen LogP contribution >= 0.6 is 11.8 Å². The molecule has 2 amide bonds. The molecule has 1 unspecified atom stereocenters. The number of rotatable bonds is 3. The largest absolute Gasteiger partial charge is 0.324 e. The number of hydrogen-bond acceptors (Lipinski definition) is 4. The predicted octanol–water partition coefficient (Wildman–Crippen LogP) is 5.47. The number of hydrogen-bond donors (Lipinski definition) is 1. The van der Waals surface area contributed by atoms with E-state index < -0.39 is 10.3 Å². The summed E-state index contributed by atoms with van der Waals surface area (Å²) in [5, 5.41) is 3.27. The van der Waals surface area contributed by atoms with Crippen molar-refractivity contribution in [3.63, 3.8) is 0 Å². The Morgan fingerprint density at radius 1 is 1.05 bits per heavy atom. The molecule has 0 bridgehead atoms. The van der Waals surface area contributed by atoms with Crippen molar-refractivity contribution in [1.82, 2.24) is 4.90 Å². The molecule has 0 aromatic heterocycles. The molecule has 5 nitrogen and oxygen atoms in total. The van der Waals surface area contributed by atoms with Crippen LogP contribution in [-0.2, 0) is 15.1 Å². The van der Waals surface area contributed by atoms with Crippen molar-refractivity contribution >= 4 is 35.0 Å². The third-order valence-corrected chi connectivity index (χ3v) is 10.4. The standard InChI is InChI=1S/C31H29N3O2S/c1-3-18-33-24-11-6-4-9-22(24)30(29(33)36)31(28(35)32-23-10-5-7-13-26(23)37-31)27(25-12-8-19-34(25)30)21-16-14-20(2)15-17-21/h3-7,9-11,13-17,25,27H,1,8,12,18-19H2,2H3,(H,32,35)/t25?,27-,30-,31+/m0/s1. The van der Waals surface area contributed by atoms with Gasteiger partial charge in [0.05, 0.1) is 5.69 Å². The normalized spacial score (nSPS) is 29.9. The lowest BCUT2D eigenvalue weighted by Crippen LogP contribution is -2.65. The van der Waals surface area contributed by atoms with Gasteiger partial charge in [-0.05, 0) is 50.1 Å². The highest BCUT2D eigenvalue weighted by Gasteiger charge is 2.80. The number of para-hydroxylation sites is 2. The summed E-state index contributed by atoms with van der Waals surface area (Å²) in [4.78, 5) is 34.9. The van der Waals surface area contributed by atoms with Crippen LogP contribution in [0, 0.1) is 6.92 Å². The van der Waals surface area contributed by atoms with Crippen LogP contribution < -0.4 is 10.2 Å². The van der Waals surface area contributed by atoms with Crippen molar-refractivity contribution < 1.29 is 9.59 Å². The van der Waals surface area contributed by atoms with E-state index in [1.54, 1.807) is 17.8 Å². The first kappa shape index (κ1) is 22.8. The molecule has 2 fully saturated rings. The Hall–Kier alpha value is -3.35. The number of carbonyl (C=O) groups excluding carboxylic acids is 2. The van der Waals surface area contributed by atoms with Gasteiger partial charge in [0.15, 0.2) is 5.54 Å². The number of benzene rings is 3. The number of fused-ring (bicyclic) bond motifs is 6. The first-order valence-electron chi connectivity index (χ1n) is 13.0. The number of anilines is 2. The molecule has 6 heteroatoms. The van der Waals surface area contributed by atoms with Gasteiger partial charge in [-0.25, -0.2) is 0 Å². The maximum atomic E-state index is 14.9. The molecule has 4 aliphatic rings. The molecule has 0 saturated carbocycles. The lowest BCUT2D eigenvalue weighted by molar-refractivity contribution is -0.135. The summed E-state index contributed by atoms with van der Waals surface area (Å²) >= 11 is 1.60. The lowest BCUT2D eigenvalue weighted by atomic mass is 9.70. The molecular formula is C31H29N3O2S. The average Bonchev–Trinajstić information content (AvgIpc) is 3.54. The zero-order chi connectivity index (χ0) is 25.4. The highest BCUT2D eigenvalue weighted by molar-refractivity contribution is 8.02. The quantitative estimate of drug-likeness (QED) is 0.478. The summed E-state index contributed by atoms with van der Waals surface area (Å²) in [6.07, 6.45) is 3.73. The molecule has 4 atom stereocenters. The minimum absolute atomic E-state index is 0.0165. The summed E-state index contributed by atoms with van der Waals surface area (Å²) in [5.74, 6) is -0.258. The molecule has 3 aromatic rings. The molecule has 37 heavy (non-hydrogen) atoms. The number of carbonyl (C=O) groups is 2. The summed E-state index contributed by atoms with van der Waals surface area (Å²) in [6.45, 7) is 7.21. The number of nitrogens with one attached hydrogen (secondary N) is 1. The van der Waals surface area contributed by atoms with Crippen molar-refractivity contribution in [1.29, 1.82) is 0 Å². The van der Waals surface area contributed by atoms with Gasteiger partial charge >= 0.3 is 0 Å². The fourth-order valence-corrected chi connectivity index (χ4v) is 9.16. The molecule has 2 spiro atoms. The van der Waals surface area contributed by atoms with Crippen LogP contribution in [0.1, 0.15) is 35.4 Å². The van der Waals surface area contributed by atoms with Crippen molar-refractivity contribution in [3.05, 3.63) is 102 Å². The Morgan fingerprint density at radius 3 is 2.62 bits per heavy atom. The Morgan fingerprint density at radius 2 is 1.81 bits per heavy atom. The number of amides is 2. The monoisotopic (exact) mass is 507 g/mol. The molecule has 4 aliphatic heterocycles.